The second kappa shape index (κ2) is 19.0. The van der Waals surface area contributed by atoms with Crippen LogP contribution < -0.4 is 16.4 Å². The number of hydrogen-bond acceptors (Lipinski definition) is 4. The standard InChI is InChI=1S/C20H19N3O.C7H8.C2H6.CH2O/c1-15(22-20-10-6-5-9-19(20)21)7-3-4-8-17-11-13-18(14-12-17)23-16(2)24;1-7-5-3-2-4-6-7;2*1-2/h3,5-7,9-14,22H,1,21H2,2H3,(H,23,24);2-6H,1H3;1-2H3;1H2/b7-3+;;;. The minimum Gasteiger partial charge on any atom is -0.397 e. The highest BCUT2D eigenvalue weighted by atomic mass is 16.1. The van der Waals surface area contributed by atoms with Crippen LogP contribution in [0.2, 0.25) is 0 Å². The third-order valence-electron chi connectivity index (χ3n) is 3.99. The van der Waals surface area contributed by atoms with Crippen molar-refractivity contribution in [3.05, 3.63) is 114 Å². The van der Waals surface area contributed by atoms with E-state index in [0.29, 0.717) is 11.4 Å². The third-order valence-corrected chi connectivity index (χ3v) is 3.99. The Morgan fingerprint density at radius 3 is 1.97 bits per heavy atom. The molecule has 5 nitrogen and oxygen atoms in total. The Labute approximate surface area is 209 Å². The number of nitrogens with two attached hydrogens (primary N) is 1. The summed E-state index contributed by atoms with van der Waals surface area (Å²) in [6, 6.07) is 25.1. The van der Waals surface area contributed by atoms with Gasteiger partial charge in [0.2, 0.25) is 5.91 Å². The smallest absolute Gasteiger partial charge is 0.221 e. The van der Waals surface area contributed by atoms with Gasteiger partial charge >= 0.3 is 0 Å². The molecule has 0 atom stereocenters. The lowest BCUT2D eigenvalue weighted by molar-refractivity contribution is -0.114. The highest BCUT2D eigenvalue weighted by Crippen LogP contribution is 2.18. The Hall–Kier alpha value is -4.56. The second-order valence-corrected chi connectivity index (χ2v) is 6.75. The number of rotatable bonds is 4. The number of para-hydroxylation sites is 2. The molecule has 0 spiro atoms. The first kappa shape index (κ1) is 30.4. The molecule has 0 fully saturated rings. The molecule has 5 heteroatoms. The quantitative estimate of drug-likeness (QED) is 0.228. The van der Waals surface area contributed by atoms with Crippen LogP contribution in [0.5, 0.6) is 0 Å². The zero-order valence-electron chi connectivity index (χ0n) is 21.0. The summed E-state index contributed by atoms with van der Waals surface area (Å²) in [6.45, 7) is 13.5. The van der Waals surface area contributed by atoms with Gasteiger partial charge in [-0.15, -0.1) is 0 Å². The van der Waals surface area contributed by atoms with Crippen LogP contribution in [0.4, 0.5) is 17.1 Å². The van der Waals surface area contributed by atoms with Crippen LogP contribution in [0.3, 0.4) is 0 Å². The van der Waals surface area contributed by atoms with Crippen LogP contribution in [-0.4, -0.2) is 12.7 Å². The van der Waals surface area contributed by atoms with E-state index in [1.165, 1.54) is 12.5 Å². The van der Waals surface area contributed by atoms with E-state index in [4.69, 9.17) is 10.5 Å². The summed E-state index contributed by atoms with van der Waals surface area (Å²) in [5, 5.41) is 5.83. The van der Waals surface area contributed by atoms with Crippen LogP contribution in [0.25, 0.3) is 0 Å². The van der Waals surface area contributed by atoms with Crippen LogP contribution in [-0.2, 0) is 9.59 Å². The highest BCUT2D eigenvalue weighted by molar-refractivity contribution is 5.88. The van der Waals surface area contributed by atoms with Gasteiger partial charge in [0.05, 0.1) is 11.4 Å². The van der Waals surface area contributed by atoms with E-state index in [2.05, 4.69) is 48.1 Å². The fraction of sp³-hybridized carbons (Fsp3) is 0.133. The fourth-order valence-electron chi connectivity index (χ4n) is 2.47. The molecule has 0 bridgehead atoms. The lowest BCUT2D eigenvalue weighted by Crippen LogP contribution is -2.05. The second-order valence-electron chi connectivity index (χ2n) is 6.75. The molecule has 0 saturated heterocycles. The predicted molar refractivity (Wildman–Crippen MR) is 150 cm³/mol. The molecule has 3 aromatic carbocycles. The number of benzene rings is 3. The summed E-state index contributed by atoms with van der Waals surface area (Å²) in [5.41, 5.74) is 11.0. The monoisotopic (exact) mass is 469 g/mol. The summed E-state index contributed by atoms with van der Waals surface area (Å²) >= 11 is 0. The van der Waals surface area contributed by atoms with Gasteiger partial charge in [0.25, 0.3) is 0 Å². The topological polar surface area (TPSA) is 84.2 Å². The average Bonchev–Trinajstić information content (AvgIpc) is 2.87. The molecule has 0 radical (unpaired) electrons. The van der Waals surface area contributed by atoms with Crippen molar-refractivity contribution in [1.29, 1.82) is 0 Å². The molecular weight excluding hydrogens is 434 g/mol. The molecule has 0 aliphatic carbocycles. The number of hydrogen-bond donors (Lipinski definition) is 3. The van der Waals surface area contributed by atoms with Crippen LogP contribution in [0.1, 0.15) is 31.9 Å². The van der Waals surface area contributed by atoms with Crippen molar-refractivity contribution in [1.82, 2.24) is 0 Å². The maximum absolute atomic E-state index is 11.0. The third kappa shape index (κ3) is 14.3. The van der Waals surface area contributed by atoms with Crippen LogP contribution >= 0.6 is 0 Å². The predicted octanol–water partition coefficient (Wildman–Crippen LogP) is 6.60. The summed E-state index contributed by atoms with van der Waals surface area (Å²) in [5.74, 6) is 5.86. The SMILES string of the molecule is C=C(/C=C/C#Cc1ccc(NC(C)=O)cc1)Nc1ccccc1N.C=O.CC.Cc1ccccc1. The Bertz CT molecular complexity index is 1110. The number of carbonyl (C=O) groups excluding carboxylic acids is 2. The summed E-state index contributed by atoms with van der Waals surface area (Å²) in [7, 11) is 0. The molecule has 35 heavy (non-hydrogen) atoms. The number of allylic oxidation sites excluding steroid dienone is 2. The van der Waals surface area contributed by atoms with E-state index in [9.17, 15) is 4.79 Å². The maximum atomic E-state index is 11.0. The fourth-order valence-corrected chi connectivity index (χ4v) is 2.47. The molecule has 0 heterocycles. The molecule has 0 aliphatic heterocycles. The lowest BCUT2D eigenvalue weighted by atomic mass is 10.2. The number of amides is 1. The molecule has 3 rings (SSSR count). The van der Waals surface area contributed by atoms with Crippen molar-refractivity contribution in [2.75, 3.05) is 16.4 Å². The van der Waals surface area contributed by atoms with Crippen molar-refractivity contribution in [2.24, 2.45) is 0 Å². The van der Waals surface area contributed by atoms with Gasteiger partial charge in [-0.2, -0.15) is 0 Å². The number of carbonyl (C=O) groups is 2. The Kier molecular flexibility index (Phi) is 16.5. The zero-order chi connectivity index (χ0) is 26.5. The number of aryl methyl sites for hydroxylation is 1. The zero-order valence-corrected chi connectivity index (χ0v) is 21.0. The van der Waals surface area contributed by atoms with E-state index in [1.807, 2.05) is 87.4 Å². The van der Waals surface area contributed by atoms with Crippen molar-refractivity contribution in [3.8, 4) is 11.8 Å². The minimum absolute atomic E-state index is 0.0955. The number of nitrogen functional groups attached to an aromatic ring is 1. The molecular formula is C30H35N3O2. The molecule has 0 saturated carbocycles. The van der Waals surface area contributed by atoms with Crippen molar-refractivity contribution in [2.45, 2.75) is 27.7 Å². The average molecular weight is 470 g/mol. The van der Waals surface area contributed by atoms with Gasteiger partial charge in [0.15, 0.2) is 0 Å². The van der Waals surface area contributed by atoms with Gasteiger partial charge < -0.3 is 21.2 Å². The summed E-state index contributed by atoms with van der Waals surface area (Å²) < 4.78 is 0. The van der Waals surface area contributed by atoms with Crippen molar-refractivity contribution in [3.63, 3.8) is 0 Å². The van der Waals surface area contributed by atoms with Crippen LogP contribution in [0, 0.1) is 18.8 Å². The summed E-state index contributed by atoms with van der Waals surface area (Å²) in [6.07, 6.45) is 3.50. The molecule has 4 N–H and O–H groups in total. The van der Waals surface area contributed by atoms with E-state index in [0.717, 1.165) is 16.9 Å². The van der Waals surface area contributed by atoms with Gasteiger partial charge in [-0.05, 0) is 55.5 Å². The lowest BCUT2D eigenvalue weighted by Gasteiger charge is -2.07. The van der Waals surface area contributed by atoms with Gasteiger partial charge in [0.1, 0.15) is 6.79 Å². The highest BCUT2D eigenvalue weighted by Gasteiger charge is 1.96. The Morgan fingerprint density at radius 1 is 0.886 bits per heavy atom. The van der Waals surface area contributed by atoms with Crippen molar-refractivity contribution >= 4 is 29.8 Å². The van der Waals surface area contributed by atoms with E-state index >= 15 is 0 Å². The number of nitrogens with one attached hydrogen (secondary N) is 2. The normalized spacial score (nSPS) is 8.80. The van der Waals surface area contributed by atoms with Gasteiger partial charge in [-0.1, -0.05) is 80.3 Å². The molecule has 1 amide bonds. The molecule has 3 aromatic rings. The Balaban J connectivity index is 0.000000878. The number of anilines is 3. The van der Waals surface area contributed by atoms with Crippen LogP contribution in [0.15, 0.2) is 103 Å². The largest absolute Gasteiger partial charge is 0.397 e. The van der Waals surface area contributed by atoms with Crippen molar-refractivity contribution < 1.29 is 9.59 Å². The molecule has 0 aromatic heterocycles. The first-order valence-electron chi connectivity index (χ1n) is 11.1. The van der Waals surface area contributed by atoms with E-state index < -0.39 is 0 Å². The Morgan fingerprint density at radius 2 is 1.46 bits per heavy atom. The molecule has 0 unspecified atom stereocenters. The first-order valence-corrected chi connectivity index (χ1v) is 11.1. The van der Waals surface area contributed by atoms with E-state index in [1.54, 1.807) is 12.2 Å². The summed E-state index contributed by atoms with van der Waals surface area (Å²) in [4.78, 5) is 19.0. The van der Waals surface area contributed by atoms with Gasteiger partial charge in [-0.3, -0.25) is 4.79 Å². The molecule has 0 aliphatic rings. The van der Waals surface area contributed by atoms with Gasteiger partial charge in [-0.25, -0.2) is 0 Å². The van der Waals surface area contributed by atoms with Gasteiger partial charge in [0, 0.05) is 23.9 Å². The van der Waals surface area contributed by atoms with E-state index in [-0.39, 0.29) is 5.91 Å². The maximum Gasteiger partial charge on any atom is 0.221 e. The minimum atomic E-state index is -0.0955. The molecule has 182 valence electrons. The first-order chi connectivity index (χ1) is 16.9.